The number of ether oxygens (including phenoxy) is 1. The zero-order chi connectivity index (χ0) is 14.6. The van der Waals surface area contributed by atoms with Crippen molar-refractivity contribution in [1.29, 1.82) is 0 Å². The van der Waals surface area contributed by atoms with Gasteiger partial charge in [0, 0.05) is 19.7 Å². The van der Waals surface area contributed by atoms with Gasteiger partial charge in [0.15, 0.2) is 0 Å². The number of nitrogens with one attached hydrogen (secondary N) is 1. The summed E-state index contributed by atoms with van der Waals surface area (Å²) in [6.07, 6.45) is 2.65. The van der Waals surface area contributed by atoms with Gasteiger partial charge in [-0.3, -0.25) is 0 Å². The number of hydrogen-bond acceptors (Lipinski definition) is 4. The minimum Gasteiger partial charge on any atom is -0.381 e. The Balaban J connectivity index is 2.01. The molecule has 2 unspecified atom stereocenters. The fourth-order valence-corrected chi connectivity index (χ4v) is 4.16. The zero-order valence-electron chi connectivity index (χ0n) is 11.7. The maximum atomic E-state index is 12.2. The molecule has 5 nitrogen and oxygen atoms in total. The largest absolute Gasteiger partial charge is 0.381 e. The maximum absolute atomic E-state index is 12.2. The second-order valence-electron chi connectivity index (χ2n) is 5.22. The normalized spacial score (nSPS) is 23.1. The summed E-state index contributed by atoms with van der Waals surface area (Å²) in [6, 6.07) is 7.36. The molecule has 0 spiro atoms. The third-order valence-corrected chi connectivity index (χ3v) is 5.13. The summed E-state index contributed by atoms with van der Waals surface area (Å²) >= 11 is 0. The highest BCUT2D eigenvalue weighted by atomic mass is 32.2. The Morgan fingerprint density at radius 3 is 2.60 bits per heavy atom. The first-order valence-corrected chi connectivity index (χ1v) is 8.49. The molecule has 0 amide bonds. The number of nitrogens with two attached hydrogens (primary N) is 1. The Hall–Kier alpha value is -0.950. The first-order chi connectivity index (χ1) is 9.54. The predicted molar refractivity (Wildman–Crippen MR) is 78.5 cm³/mol. The zero-order valence-corrected chi connectivity index (χ0v) is 12.5. The highest BCUT2D eigenvalue weighted by molar-refractivity contribution is 7.88. The third-order valence-electron chi connectivity index (χ3n) is 3.75. The molecule has 0 heterocycles. The summed E-state index contributed by atoms with van der Waals surface area (Å²) in [6.45, 7) is 0.348. The van der Waals surface area contributed by atoms with E-state index in [1.165, 1.54) is 0 Å². The van der Waals surface area contributed by atoms with Gasteiger partial charge in [-0.05, 0) is 30.4 Å². The van der Waals surface area contributed by atoms with Crippen LogP contribution in [0.1, 0.15) is 30.4 Å². The van der Waals surface area contributed by atoms with Crippen LogP contribution in [0.5, 0.6) is 0 Å². The molecule has 3 N–H and O–H groups in total. The summed E-state index contributed by atoms with van der Waals surface area (Å²) in [5.41, 5.74) is 7.28. The van der Waals surface area contributed by atoms with Gasteiger partial charge in [0.05, 0.1) is 11.9 Å². The van der Waals surface area contributed by atoms with Crippen LogP contribution >= 0.6 is 0 Å². The van der Waals surface area contributed by atoms with Crippen LogP contribution in [0.4, 0.5) is 0 Å². The van der Waals surface area contributed by atoms with Crippen LogP contribution in [0.25, 0.3) is 0 Å². The van der Waals surface area contributed by atoms with Crippen LogP contribution in [0.3, 0.4) is 0 Å². The highest BCUT2D eigenvalue weighted by Crippen LogP contribution is 2.22. The summed E-state index contributed by atoms with van der Waals surface area (Å²) in [7, 11) is -1.68. The molecular formula is C14H22N2O3S. The van der Waals surface area contributed by atoms with E-state index in [2.05, 4.69) is 4.72 Å². The molecule has 0 bridgehead atoms. The Bertz CT molecular complexity index is 545. The Morgan fingerprint density at radius 1 is 1.30 bits per heavy atom. The molecule has 0 saturated heterocycles. The van der Waals surface area contributed by atoms with Crippen molar-refractivity contribution in [2.45, 2.75) is 43.7 Å². The van der Waals surface area contributed by atoms with Crippen LogP contribution in [0.15, 0.2) is 24.3 Å². The number of rotatable bonds is 6. The van der Waals surface area contributed by atoms with Crippen molar-refractivity contribution < 1.29 is 13.2 Å². The van der Waals surface area contributed by atoms with E-state index in [0.717, 1.165) is 30.4 Å². The first kappa shape index (κ1) is 15.4. The van der Waals surface area contributed by atoms with E-state index in [-0.39, 0.29) is 17.9 Å². The van der Waals surface area contributed by atoms with Crippen molar-refractivity contribution in [3.63, 3.8) is 0 Å². The highest BCUT2D eigenvalue weighted by Gasteiger charge is 2.28. The van der Waals surface area contributed by atoms with Crippen molar-refractivity contribution in [3.8, 4) is 0 Å². The van der Waals surface area contributed by atoms with Crippen molar-refractivity contribution in [3.05, 3.63) is 35.4 Å². The lowest BCUT2D eigenvalue weighted by Gasteiger charge is -2.14. The number of sulfonamides is 1. The molecule has 1 fully saturated rings. The van der Waals surface area contributed by atoms with E-state index in [9.17, 15) is 8.42 Å². The van der Waals surface area contributed by atoms with Gasteiger partial charge in [-0.1, -0.05) is 24.3 Å². The molecule has 1 saturated carbocycles. The second kappa shape index (κ2) is 6.67. The lowest BCUT2D eigenvalue weighted by molar-refractivity contribution is 0.107. The molecule has 0 aromatic heterocycles. The quantitative estimate of drug-likeness (QED) is 0.825. The van der Waals surface area contributed by atoms with Crippen LogP contribution in [0.2, 0.25) is 0 Å². The van der Waals surface area contributed by atoms with Crippen LogP contribution in [-0.2, 0) is 27.1 Å². The van der Waals surface area contributed by atoms with Gasteiger partial charge in [0.1, 0.15) is 0 Å². The van der Waals surface area contributed by atoms with E-state index in [1.54, 1.807) is 7.11 Å². The molecule has 0 aliphatic heterocycles. The average Bonchev–Trinajstić information content (AvgIpc) is 2.85. The van der Waals surface area contributed by atoms with Crippen molar-refractivity contribution in [2.24, 2.45) is 5.73 Å². The van der Waals surface area contributed by atoms with Crippen LogP contribution in [0, 0.1) is 0 Å². The fraction of sp³-hybridized carbons (Fsp3) is 0.571. The summed E-state index contributed by atoms with van der Waals surface area (Å²) in [5.74, 6) is -0.0193. The van der Waals surface area contributed by atoms with E-state index < -0.39 is 10.0 Å². The van der Waals surface area contributed by atoms with Gasteiger partial charge in [-0.15, -0.1) is 0 Å². The lowest BCUT2D eigenvalue weighted by atomic mass is 10.1. The van der Waals surface area contributed by atoms with E-state index in [4.69, 9.17) is 10.5 Å². The Morgan fingerprint density at radius 2 is 2.00 bits per heavy atom. The molecule has 112 valence electrons. The van der Waals surface area contributed by atoms with Crippen molar-refractivity contribution >= 4 is 10.0 Å². The number of benzene rings is 1. The molecule has 6 heteroatoms. The van der Waals surface area contributed by atoms with E-state index in [0.29, 0.717) is 6.54 Å². The van der Waals surface area contributed by atoms with Gasteiger partial charge in [0.2, 0.25) is 10.0 Å². The standard InChI is InChI=1S/C14H22N2O3S/c1-19-14-7-6-13(8-14)16-20(17,18)10-12-5-3-2-4-11(12)9-15/h2-5,13-14,16H,6-10,15H2,1H3. The molecule has 1 aliphatic rings. The topological polar surface area (TPSA) is 81.4 Å². The first-order valence-electron chi connectivity index (χ1n) is 6.83. The molecule has 1 aliphatic carbocycles. The Labute approximate surface area is 120 Å². The third kappa shape index (κ3) is 4.02. The maximum Gasteiger partial charge on any atom is 0.216 e. The smallest absolute Gasteiger partial charge is 0.216 e. The molecule has 2 rings (SSSR count). The van der Waals surface area contributed by atoms with Crippen molar-refractivity contribution in [1.82, 2.24) is 4.72 Å². The molecular weight excluding hydrogens is 276 g/mol. The van der Waals surface area contributed by atoms with Gasteiger partial charge < -0.3 is 10.5 Å². The summed E-state index contributed by atoms with van der Waals surface area (Å²) in [5, 5.41) is 0. The number of hydrogen-bond donors (Lipinski definition) is 2. The molecule has 0 radical (unpaired) electrons. The van der Waals surface area contributed by atoms with Crippen LogP contribution < -0.4 is 10.5 Å². The predicted octanol–water partition coefficient (Wildman–Crippen LogP) is 1.13. The molecule has 1 aromatic rings. The average molecular weight is 298 g/mol. The molecule has 2 atom stereocenters. The second-order valence-corrected chi connectivity index (χ2v) is 6.97. The van der Waals surface area contributed by atoms with Crippen LogP contribution in [-0.4, -0.2) is 27.7 Å². The molecule has 20 heavy (non-hydrogen) atoms. The summed E-state index contributed by atoms with van der Waals surface area (Å²) < 4.78 is 32.5. The minimum atomic E-state index is -3.34. The lowest BCUT2D eigenvalue weighted by Crippen LogP contribution is -2.34. The van der Waals surface area contributed by atoms with Crippen molar-refractivity contribution in [2.75, 3.05) is 7.11 Å². The Kier molecular flexibility index (Phi) is 5.15. The monoisotopic (exact) mass is 298 g/mol. The number of methoxy groups -OCH3 is 1. The van der Waals surface area contributed by atoms with E-state index in [1.807, 2.05) is 24.3 Å². The van der Waals surface area contributed by atoms with Gasteiger partial charge >= 0.3 is 0 Å². The van der Waals surface area contributed by atoms with E-state index >= 15 is 0 Å². The summed E-state index contributed by atoms with van der Waals surface area (Å²) in [4.78, 5) is 0. The minimum absolute atomic E-state index is 0.0185. The van der Waals surface area contributed by atoms with Gasteiger partial charge in [0.25, 0.3) is 0 Å². The van der Waals surface area contributed by atoms with Gasteiger partial charge in [-0.2, -0.15) is 0 Å². The van der Waals surface area contributed by atoms with Gasteiger partial charge in [-0.25, -0.2) is 13.1 Å². The fourth-order valence-electron chi connectivity index (χ4n) is 2.66. The SMILES string of the molecule is COC1CCC(NS(=O)(=O)Cc2ccccc2CN)C1. The molecule has 1 aromatic carbocycles.